The number of aromatic amines is 1. The summed E-state index contributed by atoms with van der Waals surface area (Å²) in [4.78, 5) is 15.0. The van der Waals surface area contributed by atoms with E-state index in [0.29, 0.717) is 5.52 Å². The molecule has 3 rings (SSSR count). The normalized spacial score (nSPS) is 12.2. The van der Waals surface area contributed by atoms with E-state index in [2.05, 4.69) is 4.98 Å². The molecule has 0 saturated heterocycles. The predicted molar refractivity (Wildman–Crippen MR) is 68.7 cm³/mol. The van der Waals surface area contributed by atoms with Gasteiger partial charge >= 0.3 is 6.18 Å². The molecule has 0 unspecified atom stereocenters. The highest BCUT2D eigenvalue weighted by Crippen LogP contribution is 2.31. The Labute approximate surface area is 110 Å². The molecule has 0 amide bonds. The minimum atomic E-state index is -4.46. The van der Waals surface area contributed by atoms with Gasteiger partial charge < -0.3 is 10.1 Å². The van der Waals surface area contributed by atoms with Crippen LogP contribution in [0.5, 0.6) is 5.75 Å². The van der Waals surface area contributed by atoms with E-state index in [1.54, 1.807) is 0 Å². The molecule has 2 N–H and O–H groups in total. The Balaban J connectivity index is 2.41. The number of aromatic hydroxyl groups is 1. The van der Waals surface area contributed by atoms with Crippen LogP contribution < -0.4 is 5.43 Å². The van der Waals surface area contributed by atoms with Crippen molar-refractivity contribution in [3.05, 3.63) is 52.2 Å². The maximum absolute atomic E-state index is 12.7. The first-order chi connectivity index (χ1) is 9.36. The number of nitrogens with one attached hydrogen (secondary N) is 1. The smallest absolute Gasteiger partial charge is 0.416 e. The summed E-state index contributed by atoms with van der Waals surface area (Å²) in [5, 5.41) is 9.76. The average molecular weight is 279 g/mol. The van der Waals surface area contributed by atoms with Crippen molar-refractivity contribution in [2.75, 3.05) is 0 Å². The maximum atomic E-state index is 12.7. The van der Waals surface area contributed by atoms with Crippen molar-refractivity contribution in [3.8, 4) is 5.75 Å². The molecule has 2 aromatic carbocycles. The fourth-order valence-corrected chi connectivity index (χ4v) is 2.14. The van der Waals surface area contributed by atoms with Gasteiger partial charge in [0.2, 0.25) is 0 Å². The number of benzene rings is 2. The van der Waals surface area contributed by atoms with Gasteiger partial charge in [-0.15, -0.1) is 0 Å². The van der Waals surface area contributed by atoms with Gasteiger partial charge in [0, 0.05) is 10.8 Å². The summed E-state index contributed by atoms with van der Waals surface area (Å²) in [5.41, 5.74) is -0.750. The van der Waals surface area contributed by atoms with Crippen LogP contribution >= 0.6 is 0 Å². The fourth-order valence-electron chi connectivity index (χ4n) is 2.14. The molecule has 1 aromatic heterocycles. The number of rotatable bonds is 0. The first-order valence-corrected chi connectivity index (χ1v) is 5.72. The highest BCUT2D eigenvalue weighted by atomic mass is 19.4. The SMILES string of the molecule is O=c1c2ccc(C(F)(F)F)cc2[nH]c2ccc(O)cc12. The number of phenols is 1. The van der Waals surface area contributed by atoms with Gasteiger partial charge in [-0.3, -0.25) is 4.79 Å². The summed E-state index contributed by atoms with van der Waals surface area (Å²) in [7, 11) is 0. The molecule has 0 radical (unpaired) electrons. The van der Waals surface area contributed by atoms with Crippen LogP contribution in [0.15, 0.2) is 41.2 Å². The molecule has 0 aliphatic rings. The monoisotopic (exact) mass is 279 g/mol. The van der Waals surface area contributed by atoms with E-state index in [-0.39, 0.29) is 22.0 Å². The Morgan fingerprint density at radius 1 is 0.950 bits per heavy atom. The molecular weight excluding hydrogens is 271 g/mol. The van der Waals surface area contributed by atoms with Crippen LogP contribution in [-0.4, -0.2) is 10.1 Å². The lowest BCUT2D eigenvalue weighted by Gasteiger charge is -2.08. The molecule has 0 fully saturated rings. The lowest BCUT2D eigenvalue weighted by molar-refractivity contribution is -0.137. The molecule has 0 spiro atoms. The first kappa shape index (κ1) is 12.5. The van der Waals surface area contributed by atoms with Gasteiger partial charge in [-0.2, -0.15) is 13.2 Å². The van der Waals surface area contributed by atoms with Crippen molar-refractivity contribution >= 4 is 21.8 Å². The largest absolute Gasteiger partial charge is 0.508 e. The molecule has 20 heavy (non-hydrogen) atoms. The standard InChI is InChI=1S/C14H8F3NO2/c15-14(16,17)7-1-3-9-12(5-7)18-11-4-2-8(19)6-10(11)13(9)20/h1-6,19H,(H,18,20). The molecule has 3 aromatic rings. The van der Waals surface area contributed by atoms with Crippen LogP contribution in [-0.2, 0) is 6.18 Å². The Hall–Kier alpha value is -2.50. The number of aromatic nitrogens is 1. The molecule has 6 heteroatoms. The molecule has 0 saturated carbocycles. The third-order valence-corrected chi connectivity index (χ3v) is 3.11. The zero-order valence-electron chi connectivity index (χ0n) is 9.95. The van der Waals surface area contributed by atoms with Gasteiger partial charge in [0.05, 0.1) is 16.6 Å². The van der Waals surface area contributed by atoms with Gasteiger partial charge in [-0.05, 0) is 36.4 Å². The number of H-pyrrole nitrogens is 1. The molecule has 102 valence electrons. The topological polar surface area (TPSA) is 53.1 Å². The van der Waals surface area contributed by atoms with Gasteiger partial charge in [0.15, 0.2) is 5.43 Å². The van der Waals surface area contributed by atoms with Crippen molar-refractivity contribution in [3.63, 3.8) is 0 Å². The lowest BCUT2D eigenvalue weighted by atomic mass is 10.1. The van der Waals surface area contributed by atoms with Gasteiger partial charge in [0.1, 0.15) is 5.75 Å². The number of hydrogen-bond acceptors (Lipinski definition) is 2. The lowest BCUT2D eigenvalue weighted by Crippen LogP contribution is -2.08. The zero-order valence-corrected chi connectivity index (χ0v) is 9.95. The van der Waals surface area contributed by atoms with E-state index in [1.807, 2.05) is 0 Å². The first-order valence-electron chi connectivity index (χ1n) is 5.72. The minimum absolute atomic E-state index is 0.0748. The van der Waals surface area contributed by atoms with E-state index < -0.39 is 17.2 Å². The van der Waals surface area contributed by atoms with Crippen molar-refractivity contribution in [1.29, 1.82) is 0 Å². The molecule has 0 atom stereocenters. The van der Waals surface area contributed by atoms with Gasteiger partial charge in [0.25, 0.3) is 0 Å². The Morgan fingerprint density at radius 2 is 1.70 bits per heavy atom. The van der Waals surface area contributed by atoms with Crippen LogP contribution in [0.2, 0.25) is 0 Å². The van der Waals surface area contributed by atoms with Crippen molar-refractivity contribution < 1.29 is 18.3 Å². The quantitative estimate of drug-likeness (QED) is 0.620. The van der Waals surface area contributed by atoms with E-state index in [4.69, 9.17) is 0 Å². The molecule has 0 aliphatic heterocycles. The molecule has 0 aliphatic carbocycles. The van der Waals surface area contributed by atoms with E-state index in [9.17, 15) is 23.1 Å². The third-order valence-electron chi connectivity index (χ3n) is 3.11. The Morgan fingerprint density at radius 3 is 2.40 bits per heavy atom. The second-order valence-corrected chi connectivity index (χ2v) is 4.44. The molecular formula is C14H8F3NO2. The number of fused-ring (bicyclic) bond motifs is 2. The number of alkyl halides is 3. The zero-order chi connectivity index (χ0) is 14.5. The van der Waals surface area contributed by atoms with Crippen molar-refractivity contribution in [2.24, 2.45) is 0 Å². The van der Waals surface area contributed by atoms with E-state index >= 15 is 0 Å². The second kappa shape index (κ2) is 4.00. The molecule has 1 heterocycles. The Bertz CT molecular complexity index is 881. The summed E-state index contributed by atoms with van der Waals surface area (Å²) < 4.78 is 38.0. The summed E-state index contributed by atoms with van der Waals surface area (Å²) in [5.74, 6) is -0.0748. The third kappa shape index (κ3) is 1.89. The number of hydrogen-bond donors (Lipinski definition) is 2. The van der Waals surface area contributed by atoms with E-state index in [1.165, 1.54) is 18.2 Å². The average Bonchev–Trinajstić information content (AvgIpc) is 2.38. The maximum Gasteiger partial charge on any atom is 0.416 e. The van der Waals surface area contributed by atoms with Crippen LogP contribution in [0, 0.1) is 0 Å². The number of pyridine rings is 1. The molecule has 3 nitrogen and oxygen atoms in total. The van der Waals surface area contributed by atoms with Crippen molar-refractivity contribution in [1.82, 2.24) is 4.98 Å². The highest BCUT2D eigenvalue weighted by molar-refractivity contribution is 5.93. The Kier molecular flexibility index (Phi) is 2.50. The minimum Gasteiger partial charge on any atom is -0.508 e. The van der Waals surface area contributed by atoms with Crippen LogP contribution in [0.4, 0.5) is 13.2 Å². The molecule has 0 bridgehead atoms. The predicted octanol–water partition coefficient (Wildman–Crippen LogP) is 3.41. The number of halogens is 3. The van der Waals surface area contributed by atoms with Crippen LogP contribution in [0.25, 0.3) is 21.8 Å². The summed E-state index contributed by atoms with van der Waals surface area (Å²) in [6, 6.07) is 7.00. The van der Waals surface area contributed by atoms with Gasteiger partial charge in [-0.1, -0.05) is 0 Å². The number of phenolic OH excluding ortho intramolecular Hbond substituents is 1. The van der Waals surface area contributed by atoms with Gasteiger partial charge in [-0.25, -0.2) is 0 Å². The second-order valence-electron chi connectivity index (χ2n) is 4.44. The summed E-state index contributed by atoms with van der Waals surface area (Å²) in [6.45, 7) is 0. The van der Waals surface area contributed by atoms with Crippen LogP contribution in [0.3, 0.4) is 0 Å². The highest BCUT2D eigenvalue weighted by Gasteiger charge is 2.30. The fraction of sp³-hybridized carbons (Fsp3) is 0.0714. The summed E-state index contributed by atoms with van der Waals surface area (Å²) >= 11 is 0. The van der Waals surface area contributed by atoms with Crippen molar-refractivity contribution in [2.45, 2.75) is 6.18 Å². The van der Waals surface area contributed by atoms with Crippen LogP contribution in [0.1, 0.15) is 5.56 Å². The van der Waals surface area contributed by atoms with E-state index in [0.717, 1.165) is 18.2 Å². The summed E-state index contributed by atoms with van der Waals surface area (Å²) in [6.07, 6.45) is -4.46.